The molecule has 142 valence electrons. The number of aromatic amines is 1. The second kappa shape index (κ2) is 6.55. The molecule has 6 nitrogen and oxygen atoms in total. The second-order valence-electron chi connectivity index (χ2n) is 8.05. The second-order valence-corrected chi connectivity index (χ2v) is 8.05. The van der Waals surface area contributed by atoms with Crippen LogP contribution in [0.15, 0.2) is 54.6 Å². The molecule has 2 saturated carbocycles. The van der Waals surface area contributed by atoms with Gasteiger partial charge < -0.3 is 5.32 Å². The van der Waals surface area contributed by atoms with Crippen molar-refractivity contribution in [1.82, 2.24) is 25.9 Å². The van der Waals surface area contributed by atoms with Gasteiger partial charge in [-0.25, -0.2) is 0 Å². The summed E-state index contributed by atoms with van der Waals surface area (Å²) in [5.74, 6) is 0.714. The summed E-state index contributed by atoms with van der Waals surface area (Å²) >= 11 is 0. The number of benzene rings is 2. The molecule has 0 aliphatic heterocycles. The van der Waals surface area contributed by atoms with Crippen LogP contribution in [-0.2, 0) is 16.8 Å². The first-order valence-electron chi connectivity index (χ1n) is 9.90. The van der Waals surface area contributed by atoms with Crippen LogP contribution in [0.1, 0.15) is 43.2 Å². The maximum absolute atomic E-state index is 13.4. The first kappa shape index (κ1) is 17.1. The van der Waals surface area contributed by atoms with Crippen LogP contribution in [0.4, 0.5) is 0 Å². The largest absolute Gasteiger partial charge is 0.351 e. The van der Waals surface area contributed by atoms with E-state index in [1.54, 1.807) is 0 Å². The van der Waals surface area contributed by atoms with E-state index in [4.69, 9.17) is 0 Å². The minimum Gasteiger partial charge on any atom is -0.351 e. The molecule has 1 spiro atoms. The molecule has 2 N–H and O–H groups in total. The molecule has 3 aromatic rings. The number of hydrogen-bond donors (Lipinski definition) is 2. The van der Waals surface area contributed by atoms with Crippen LogP contribution in [0, 0.1) is 5.41 Å². The van der Waals surface area contributed by atoms with Gasteiger partial charge in [-0.15, -0.1) is 10.2 Å². The van der Waals surface area contributed by atoms with Crippen molar-refractivity contribution < 1.29 is 4.79 Å². The van der Waals surface area contributed by atoms with Crippen LogP contribution in [-0.4, -0.2) is 26.5 Å². The Bertz CT molecular complexity index is 979. The van der Waals surface area contributed by atoms with Crippen molar-refractivity contribution >= 4 is 5.91 Å². The summed E-state index contributed by atoms with van der Waals surface area (Å²) in [6, 6.07) is 18.2. The van der Waals surface area contributed by atoms with Gasteiger partial charge in [0.25, 0.3) is 0 Å². The molecular formula is C22H23N5O. The van der Waals surface area contributed by atoms with E-state index in [0.717, 1.165) is 36.0 Å². The highest BCUT2D eigenvalue weighted by Gasteiger charge is 2.72. The average Bonchev–Trinajstić information content (AvgIpc) is 3.12. The van der Waals surface area contributed by atoms with E-state index in [1.807, 2.05) is 42.5 Å². The van der Waals surface area contributed by atoms with Crippen molar-refractivity contribution in [3.8, 4) is 11.4 Å². The van der Waals surface area contributed by atoms with Crippen LogP contribution < -0.4 is 5.32 Å². The minimum atomic E-state index is -0.365. The van der Waals surface area contributed by atoms with Crippen molar-refractivity contribution in [3.05, 3.63) is 65.7 Å². The number of aromatic nitrogens is 4. The van der Waals surface area contributed by atoms with Gasteiger partial charge >= 0.3 is 0 Å². The third-order valence-electron chi connectivity index (χ3n) is 6.58. The predicted octanol–water partition coefficient (Wildman–Crippen LogP) is 3.39. The molecule has 6 heteroatoms. The van der Waals surface area contributed by atoms with E-state index in [2.05, 4.69) is 38.1 Å². The van der Waals surface area contributed by atoms with Gasteiger partial charge in [-0.05, 0) is 47.1 Å². The third-order valence-corrected chi connectivity index (χ3v) is 6.58. The van der Waals surface area contributed by atoms with Gasteiger partial charge in [-0.3, -0.25) is 4.79 Å². The summed E-state index contributed by atoms with van der Waals surface area (Å²) in [5, 5.41) is 17.4. The summed E-state index contributed by atoms with van der Waals surface area (Å²) < 4.78 is 0. The molecule has 1 atom stereocenters. The Kier molecular flexibility index (Phi) is 4.00. The molecule has 28 heavy (non-hydrogen) atoms. The zero-order valence-electron chi connectivity index (χ0n) is 15.7. The number of tetrazole rings is 1. The quantitative estimate of drug-likeness (QED) is 0.718. The normalized spacial score (nSPS) is 22.3. The molecule has 2 fully saturated rings. The van der Waals surface area contributed by atoms with Crippen LogP contribution in [0.2, 0.25) is 0 Å². The molecule has 0 saturated heterocycles. The fraction of sp³-hybridized carbons (Fsp3) is 0.364. The van der Waals surface area contributed by atoms with E-state index in [-0.39, 0.29) is 16.7 Å². The highest BCUT2D eigenvalue weighted by atomic mass is 16.2. The Morgan fingerprint density at radius 2 is 1.89 bits per heavy atom. The van der Waals surface area contributed by atoms with Gasteiger partial charge in [-0.1, -0.05) is 61.4 Å². The van der Waals surface area contributed by atoms with E-state index in [1.165, 1.54) is 12.8 Å². The lowest BCUT2D eigenvalue weighted by atomic mass is 9.84. The summed E-state index contributed by atoms with van der Waals surface area (Å²) in [4.78, 5) is 13.4. The standard InChI is InChI=1S/C22H23N5O/c28-20(23-14-16-7-6-8-17(13-16)19-24-26-27-25-19)22(18-9-2-1-3-10-18)15-21(22)11-4-5-12-21/h1-3,6-10,13H,4-5,11-12,14-15H2,(H,23,28)(H,24,25,26,27). The van der Waals surface area contributed by atoms with Gasteiger partial charge in [0.15, 0.2) is 0 Å². The zero-order chi connectivity index (χ0) is 19.0. The molecular weight excluding hydrogens is 350 g/mol. The summed E-state index contributed by atoms with van der Waals surface area (Å²) in [5.41, 5.74) is 2.87. The van der Waals surface area contributed by atoms with Gasteiger partial charge in [-0.2, -0.15) is 5.21 Å². The SMILES string of the molecule is O=C(NCc1cccc(-c2nn[nH]n2)c1)C1(c2ccccc2)CC12CCCC2. The molecule has 5 rings (SSSR count). The van der Waals surface area contributed by atoms with Crippen LogP contribution >= 0.6 is 0 Å². The van der Waals surface area contributed by atoms with Crippen molar-refractivity contribution in [2.45, 2.75) is 44.1 Å². The Morgan fingerprint density at radius 3 is 2.64 bits per heavy atom. The number of rotatable bonds is 5. The van der Waals surface area contributed by atoms with E-state index < -0.39 is 0 Å². The lowest BCUT2D eigenvalue weighted by molar-refractivity contribution is -0.124. The Balaban J connectivity index is 1.37. The summed E-state index contributed by atoms with van der Waals surface area (Å²) in [6.07, 6.45) is 5.74. The maximum Gasteiger partial charge on any atom is 0.231 e. The van der Waals surface area contributed by atoms with Gasteiger partial charge in [0, 0.05) is 12.1 Å². The van der Waals surface area contributed by atoms with E-state index >= 15 is 0 Å². The van der Waals surface area contributed by atoms with Crippen molar-refractivity contribution in [2.75, 3.05) is 0 Å². The lowest BCUT2D eigenvalue weighted by Crippen LogP contribution is -2.38. The van der Waals surface area contributed by atoms with E-state index in [0.29, 0.717) is 12.4 Å². The third kappa shape index (κ3) is 2.63. The fourth-order valence-electron chi connectivity index (χ4n) is 5.14. The van der Waals surface area contributed by atoms with Gasteiger partial charge in [0.1, 0.15) is 0 Å². The minimum absolute atomic E-state index is 0.158. The predicted molar refractivity (Wildman–Crippen MR) is 105 cm³/mol. The van der Waals surface area contributed by atoms with E-state index in [9.17, 15) is 4.79 Å². The molecule has 0 radical (unpaired) electrons. The van der Waals surface area contributed by atoms with Crippen molar-refractivity contribution in [1.29, 1.82) is 0 Å². The summed E-state index contributed by atoms with van der Waals surface area (Å²) in [7, 11) is 0. The number of amides is 1. The fourth-order valence-corrected chi connectivity index (χ4v) is 5.14. The summed E-state index contributed by atoms with van der Waals surface area (Å²) in [6.45, 7) is 0.495. The number of carbonyl (C=O) groups is 1. The van der Waals surface area contributed by atoms with Gasteiger partial charge in [0.05, 0.1) is 5.41 Å². The maximum atomic E-state index is 13.4. The molecule has 2 aliphatic carbocycles. The lowest BCUT2D eigenvalue weighted by Gasteiger charge is -2.23. The Morgan fingerprint density at radius 1 is 1.07 bits per heavy atom. The number of nitrogens with zero attached hydrogens (tertiary/aromatic N) is 3. The van der Waals surface area contributed by atoms with Crippen LogP contribution in [0.5, 0.6) is 0 Å². The molecule has 0 bridgehead atoms. The van der Waals surface area contributed by atoms with Crippen molar-refractivity contribution in [2.24, 2.45) is 5.41 Å². The first-order chi connectivity index (χ1) is 13.7. The number of H-pyrrole nitrogens is 1. The number of carbonyl (C=O) groups excluding carboxylic acids is 1. The molecule has 1 heterocycles. The molecule has 1 unspecified atom stereocenters. The molecule has 1 aromatic heterocycles. The Hall–Kier alpha value is -3.02. The monoisotopic (exact) mass is 373 g/mol. The number of hydrogen-bond acceptors (Lipinski definition) is 4. The average molecular weight is 373 g/mol. The zero-order valence-corrected chi connectivity index (χ0v) is 15.7. The number of nitrogens with one attached hydrogen (secondary N) is 2. The highest BCUT2D eigenvalue weighted by molar-refractivity contribution is 5.93. The topological polar surface area (TPSA) is 83.6 Å². The van der Waals surface area contributed by atoms with Crippen molar-refractivity contribution in [3.63, 3.8) is 0 Å². The smallest absolute Gasteiger partial charge is 0.231 e. The van der Waals surface area contributed by atoms with Gasteiger partial charge in [0.2, 0.25) is 11.7 Å². The first-order valence-corrected chi connectivity index (χ1v) is 9.90. The van der Waals surface area contributed by atoms with Crippen LogP contribution in [0.25, 0.3) is 11.4 Å². The highest BCUT2D eigenvalue weighted by Crippen LogP contribution is 2.72. The Labute approximate surface area is 163 Å². The van der Waals surface area contributed by atoms with Crippen LogP contribution in [0.3, 0.4) is 0 Å². The molecule has 1 amide bonds. The molecule has 2 aromatic carbocycles. The molecule has 2 aliphatic rings.